The summed E-state index contributed by atoms with van der Waals surface area (Å²) >= 11 is 0. The number of rotatable bonds is 48. The highest BCUT2D eigenvalue weighted by molar-refractivity contribution is 5.71. The molecule has 1 unspecified atom stereocenters. The van der Waals surface area contributed by atoms with Crippen LogP contribution in [0.3, 0.4) is 0 Å². The van der Waals surface area contributed by atoms with Gasteiger partial charge in [0.05, 0.1) is 0 Å². The number of ether oxygens (including phenoxy) is 3. The van der Waals surface area contributed by atoms with Gasteiger partial charge in [-0.05, 0) is 103 Å². The first kappa shape index (κ1) is 62.3. The second kappa shape index (κ2) is 53.9. The quantitative estimate of drug-likeness (QED) is 0.0199. The maximum Gasteiger partial charge on any atom is 0.306 e. The van der Waals surface area contributed by atoms with E-state index in [4.69, 9.17) is 14.2 Å². The van der Waals surface area contributed by atoms with Crippen LogP contribution in [0, 0.1) is 0 Å². The molecule has 0 aliphatic carbocycles. The van der Waals surface area contributed by atoms with Crippen molar-refractivity contribution in [1.82, 2.24) is 0 Å². The highest BCUT2D eigenvalue weighted by Gasteiger charge is 2.19. The van der Waals surface area contributed by atoms with Crippen molar-refractivity contribution in [3.8, 4) is 0 Å². The molecule has 0 amide bonds. The Bertz CT molecular complexity index is 1330. The van der Waals surface area contributed by atoms with Crippen LogP contribution in [0.1, 0.15) is 245 Å². The minimum absolute atomic E-state index is 0.101. The monoisotopic (exact) mass is 917 g/mol. The summed E-state index contributed by atoms with van der Waals surface area (Å²) in [6.07, 6.45) is 71.1. The van der Waals surface area contributed by atoms with Gasteiger partial charge in [0, 0.05) is 19.3 Å². The van der Waals surface area contributed by atoms with Gasteiger partial charge in [-0.15, -0.1) is 0 Å². The third kappa shape index (κ3) is 51.3. The van der Waals surface area contributed by atoms with Crippen LogP contribution in [0.15, 0.2) is 97.2 Å². The first-order chi connectivity index (χ1) is 32.5. The van der Waals surface area contributed by atoms with Crippen LogP contribution >= 0.6 is 0 Å². The Morgan fingerprint density at radius 1 is 0.333 bits per heavy atom. The van der Waals surface area contributed by atoms with Gasteiger partial charge in [0.2, 0.25) is 0 Å². The van der Waals surface area contributed by atoms with E-state index in [1.165, 1.54) is 77.0 Å². The zero-order valence-corrected chi connectivity index (χ0v) is 42.9. The number of hydrogen-bond acceptors (Lipinski definition) is 6. The van der Waals surface area contributed by atoms with E-state index in [0.717, 1.165) is 128 Å². The number of hydrogen-bond donors (Lipinski definition) is 0. The predicted octanol–water partition coefficient (Wildman–Crippen LogP) is 18.1. The second-order valence-electron chi connectivity index (χ2n) is 17.8. The maximum atomic E-state index is 12.8. The Morgan fingerprint density at radius 2 is 0.652 bits per heavy atom. The van der Waals surface area contributed by atoms with E-state index in [2.05, 4.69) is 118 Å². The molecule has 0 saturated heterocycles. The first-order valence-electron chi connectivity index (χ1n) is 27.3. The lowest BCUT2D eigenvalue weighted by atomic mass is 10.1. The molecule has 0 N–H and O–H groups in total. The Balaban J connectivity index is 4.44. The molecule has 1 atom stereocenters. The molecule has 0 aromatic carbocycles. The number of esters is 3. The summed E-state index contributed by atoms with van der Waals surface area (Å²) < 4.78 is 16.8. The summed E-state index contributed by atoms with van der Waals surface area (Å²) in [6, 6.07) is 0. The smallest absolute Gasteiger partial charge is 0.306 e. The Kier molecular flexibility index (Phi) is 50.9. The summed E-state index contributed by atoms with van der Waals surface area (Å²) in [6.45, 7) is 6.42. The highest BCUT2D eigenvalue weighted by atomic mass is 16.6. The van der Waals surface area contributed by atoms with E-state index in [0.29, 0.717) is 19.3 Å². The van der Waals surface area contributed by atoms with Crippen LogP contribution in [0.4, 0.5) is 0 Å². The van der Waals surface area contributed by atoms with Crippen molar-refractivity contribution in [3.63, 3.8) is 0 Å². The minimum atomic E-state index is -0.803. The molecular weight excluding hydrogens is 817 g/mol. The van der Waals surface area contributed by atoms with Gasteiger partial charge in [-0.2, -0.15) is 0 Å². The van der Waals surface area contributed by atoms with E-state index in [1.54, 1.807) is 0 Å². The van der Waals surface area contributed by atoms with Gasteiger partial charge in [-0.3, -0.25) is 14.4 Å². The lowest BCUT2D eigenvalue weighted by Crippen LogP contribution is -2.30. The SMILES string of the molecule is CC/C=C\C/C=C\C/C=C\C/C=C\CCCCCCCCC(=O)OCC(COC(=O)CCCCC/C=C\C=C/CCCC)OC(=O)CCCCCCC/C=C\C=C/CCCCCCCCC. The zero-order chi connectivity index (χ0) is 47.9. The molecule has 6 heteroatoms. The molecule has 0 aromatic rings. The van der Waals surface area contributed by atoms with Crippen LogP contribution in [0.2, 0.25) is 0 Å². The molecule has 0 spiro atoms. The fourth-order valence-electron chi connectivity index (χ4n) is 7.22. The van der Waals surface area contributed by atoms with Crippen molar-refractivity contribution in [2.24, 2.45) is 0 Å². The fraction of sp³-hybridized carbons (Fsp3) is 0.683. The third-order valence-corrected chi connectivity index (χ3v) is 11.3. The summed E-state index contributed by atoms with van der Waals surface area (Å²) in [7, 11) is 0. The van der Waals surface area contributed by atoms with Crippen LogP contribution in [-0.4, -0.2) is 37.2 Å². The van der Waals surface area contributed by atoms with Crippen molar-refractivity contribution < 1.29 is 28.6 Å². The van der Waals surface area contributed by atoms with Gasteiger partial charge in [-0.1, -0.05) is 221 Å². The van der Waals surface area contributed by atoms with Crippen molar-refractivity contribution in [3.05, 3.63) is 97.2 Å². The lowest BCUT2D eigenvalue weighted by Gasteiger charge is -2.18. The largest absolute Gasteiger partial charge is 0.462 e. The van der Waals surface area contributed by atoms with Crippen molar-refractivity contribution in [2.45, 2.75) is 252 Å². The zero-order valence-electron chi connectivity index (χ0n) is 42.9. The van der Waals surface area contributed by atoms with E-state index >= 15 is 0 Å². The average Bonchev–Trinajstić information content (AvgIpc) is 3.31. The van der Waals surface area contributed by atoms with Gasteiger partial charge < -0.3 is 14.2 Å². The number of unbranched alkanes of at least 4 members (excludes halogenated alkanes) is 23. The summed E-state index contributed by atoms with van der Waals surface area (Å²) in [5.41, 5.74) is 0. The summed E-state index contributed by atoms with van der Waals surface area (Å²) in [4.78, 5) is 38.0. The molecule has 0 fully saturated rings. The average molecular weight is 917 g/mol. The Hall–Kier alpha value is -3.67. The van der Waals surface area contributed by atoms with Gasteiger partial charge in [0.25, 0.3) is 0 Å². The fourth-order valence-corrected chi connectivity index (χ4v) is 7.22. The predicted molar refractivity (Wildman–Crippen MR) is 284 cm³/mol. The third-order valence-electron chi connectivity index (χ3n) is 11.3. The van der Waals surface area contributed by atoms with Crippen LogP contribution in [-0.2, 0) is 28.6 Å². The van der Waals surface area contributed by atoms with Gasteiger partial charge in [-0.25, -0.2) is 0 Å². The van der Waals surface area contributed by atoms with E-state index in [-0.39, 0.29) is 31.1 Å². The normalized spacial score (nSPS) is 12.8. The molecular formula is C60H100O6. The standard InChI is InChI=1S/C60H100O6/c1-4-7-10-13-16-19-22-24-26-28-30-32-33-35-38-41-44-47-50-53-59(62)65-56-57(55-64-58(61)52-49-46-43-40-37-21-18-15-12-9-6-3)66-60(63)54-51-48-45-42-39-36-34-31-29-27-25-23-20-17-14-11-8-5-2/h7,10,15-16,18-19,21,24,26-27,29-32,34,37,57H,4-6,8-9,11-14,17,20,22-23,25,28,33,35-36,38-56H2,1-3H3/b10-7-,18-15-,19-16-,26-24-,29-27-,32-30-,34-31-,37-21-. The molecule has 0 rings (SSSR count). The lowest BCUT2D eigenvalue weighted by molar-refractivity contribution is -0.167. The van der Waals surface area contributed by atoms with Crippen LogP contribution in [0.5, 0.6) is 0 Å². The Labute approximate surface area is 407 Å². The molecule has 0 bridgehead atoms. The van der Waals surface area contributed by atoms with Crippen LogP contribution in [0.25, 0.3) is 0 Å². The molecule has 66 heavy (non-hydrogen) atoms. The number of carbonyl (C=O) groups excluding carboxylic acids is 3. The van der Waals surface area contributed by atoms with E-state index < -0.39 is 6.10 Å². The number of carbonyl (C=O) groups is 3. The minimum Gasteiger partial charge on any atom is -0.462 e. The van der Waals surface area contributed by atoms with E-state index in [1.807, 2.05) is 0 Å². The molecule has 0 aromatic heterocycles. The van der Waals surface area contributed by atoms with Crippen LogP contribution < -0.4 is 0 Å². The Morgan fingerprint density at radius 3 is 1.08 bits per heavy atom. The molecule has 0 aliphatic heterocycles. The molecule has 0 heterocycles. The van der Waals surface area contributed by atoms with Crippen molar-refractivity contribution in [2.75, 3.05) is 13.2 Å². The summed E-state index contributed by atoms with van der Waals surface area (Å²) in [5.74, 6) is -0.959. The molecule has 376 valence electrons. The van der Waals surface area contributed by atoms with Crippen molar-refractivity contribution >= 4 is 17.9 Å². The van der Waals surface area contributed by atoms with Gasteiger partial charge >= 0.3 is 17.9 Å². The molecule has 0 saturated carbocycles. The number of allylic oxidation sites excluding steroid dienone is 16. The summed E-state index contributed by atoms with van der Waals surface area (Å²) in [5, 5.41) is 0. The molecule has 6 nitrogen and oxygen atoms in total. The molecule has 0 aliphatic rings. The van der Waals surface area contributed by atoms with Gasteiger partial charge in [0.15, 0.2) is 6.10 Å². The first-order valence-corrected chi connectivity index (χ1v) is 27.3. The maximum absolute atomic E-state index is 12.8. The molecule has 0 radical (unpaired) electrons. The van der Waals surface area contributed by atoms with Gasteiger partial charge in [0.1, 0.15) is 13.2 Å². The highest BCUT2D eigenvalue weighted by Crippen LogP contribution is 2.13. The topological polar surface area (TPSA) is 78.9 Å². The van der Waals surface area contributed by atoms with Crippen molar-refractivity contribution in [1.29, 1.82) is 0 Å². The second-order valence-corrected chi connectivity index (χ2v) is 17.8. The van der Waals surface area contributed by atoms with E-state index in [9.17, 15) is 14.4 Å².